The number of likely N-dealkylation sites (tertiary alicyclic amines) is 2. The molecule has 8 heteroatoms. The molecule has 5 atom stereocenters. The highest BCUT2D eigenvalue weighted by atomic mass is 32.2. The number of hydrogen-bond donors (Lipinski definition) is 0. The summed E-state index contributed by atoms with van der Waals surface area (Å²) >= 11 is 0. The molecule has 0 bridgehead atoms. The topological polar surface area (TPSA) is 78.0 Å². The van der Waals surface area contributed by atoms with Crippen molar-refractivity contribution in [3.05, 3.63) is 0 Å². The van der Waals surface area contributed by atoms with Crippen LogP contribution in [0.25, 0.3) is 0 Å². The van der Waals surface area contributed by atoms with Crippen LogP contribution in [0.15, 0.2) is 0 Å². The van der Waals surface area contributed by atoms with E-state index in [1.54, 1.807) is 0 Å². The molecule has 0 spiro atoms. The number of fused-ring (bicyclic) bond motifs is 1. The maximum absolute atomic E-state index is 13.1. The van der Waals surface area contributed by atoms with Crippen molar-refractivity contribution in [2.24, 2.45) is 5.92 Å². The maximum Gasteiger partial charge on any atom is 0.241 e. The van der Waals surface area contributed by atoms with Crippen molar-refractivity contribution in [2.45, 2.75) is 89.9 Å². The van der Waals surface area contributed by atoms with E-state index in [2.05, 4.69) is 18.7 Å². The average Bonchev–Trinajstić information content (AvgIpc) is 3.12. The molecule has 7 nitrogen and oxygen atoms in total. The molecular formula is C20H35N3O4S. The molecule has 0 aromatic heterocycles. The van der Waals surface area contributed by atoms with Gasteiger partial charge in [0.15, 0.2) is 0 Å². The lowest BCUT2D eigenvalue weighted by molar-refractivity contribution is -0.134. The quantitative estimate of drug-likeness (QED) is 0.664. The van der Waals surface area contributed by atoms with E-state index in [1.165, 1.54) is 19.3 Å². The predicted octanol–water partition coefficient (Wildman–Crippen LogP) is 1.83. The Hall–Kier alpha value is -1.15. The van der Waals surface area contributed by atoms with Crippen LogP contribution < -0.4 is 0 Å². The molecule has 0 aromatic carbocycles. The van der Waals surface area contributed by atoms with E-state index in [4.69, 9.17) is 0 Å². The molecule has 0 aromatic rings. The Kier molecular flexibility index (Phi) is 6.39. The molecule has 3 fully saturated rings. The summed E-state index contributed by atoms with van der Waals surface area (Å²) in [5.41, 5.74) is 0. The predicted molar refractivity (Wildman–Crippen MR) is 108 cm³/mol. The first-order chi connectivity index (χ1) is 13.2. The Morgan fingerprint density at radius 2 is 1.79 bits per heavy atom. The fourth-order valence-corrected chi connectivity index (χ4v) is 6.79. The lowest BCUT2D eigenvalue weighted by atomic mass is 9.94. The molecule has 2 unspecified atom stereocenters. The Morgan fingerprint density at radius 1 is 1.14 bits per heavy atom. The first-order valence-corrected chi connectivity index (χ1v) is 12.6. The minimum Gasteiger partial charge on any atom is -0.337 e. The minimum atomic E-state index is -3.61. The largest absolute Gasteiger partial charge is 0.337 e. The van der Waals surface area contributed by atoms with Gasteiger partial charge in [0.1, 0.15) is 0 Å². The highest BCUT2D eigenvalue weighted by Gasteiger charge is 2.57. The van der Waals surface area contributed by atoms with Crippen LogP contribution >= 0.6 is 0 Å². The molecule has 3 aliphatic rings. The molecule has 160 valence electrons. The fourth-order valence-electron chi connectivity index (χ4n) is 5.60. The molecule has 3 rings (SSSR count). The Morgan fingerprint density at radius 3 is 2.36 bits per heavy atom. The Balaban J connectivity index is 1.72. The zero-order chi connectivity index (χ0) is 20.6. The third kappa shape index (κ3) is 3.95. The third-order valence-electron chi connectivity index (χ3n) is 6.91. The number of piperidine rings is 1. The van der Waals surface area contributed by atoms with Gasteiger partial charge in [0.25, 0.3) is 0 Å². The summed E-state index contributed by atoms with van der Waals surface area (Å²) in [6.07, 6.45) is 7.07. The minimum absolute atomic E-state index is 0.0572. The van der Waals surface area contributed by atoms with Gasteiger partial charge in [-0.15, -0.1) is 0 Å². The van der Waals surface area contributed by atoms with Gasteiger partial charge in [0, 0.05) is 31.6 Å². The average molecular weight is 414 g/mol. The molecule has 28 heavy (non-hydrogen) atoms. The van der Waals surface area contributed by atoms with Gasteiger partial charge in [0.05, 0.1) is 24.3 Å². The fraction of sp³-hybridized carbons (Fsp3) is 0.900. The molecule has 0 saturated carbocycles. The first-order valence-electron chi connectivity index (χ1n) is 10.7. The number of carbonyl (C=O) groups excluding carboxylic acids is 2. The molecular weight excluding hydrogens is 378 g/mol. The van der Waals surface area contributed by atoms with E-state index >= 15 is 0 Å². The monoisotopic (exact) mass is 413 g/mol. The van der Waals surface area contributed by atoms with E-state index in [0.717, 1.165) is 23.5 Å². The SMILES string of the molecule is CCC[C@H]1C(=O)N(S(C)(=O)=O)[C@H]2CCN(C(=O)CCN3C(C)CCCC3C)[C@H]12. The maximum atomic E-state index is 13.1. The summed E-state index contributed by atoms with van der Waals surface area (Å²) in [6, 6.07) is 0.288. The van der Waals surface area contributed by atoms with Gasteiger partial charge in [-0.3, -0.25) is 14.5 Å². The van der Waals surface area contributed by atoms with Crippen LogP contribution in [0.3, 0.4) is 0 Å². The summed E-state index contributed by atoms with van der Waals surface area (Å²) < 4.78 is 25.5. The van der Waals surface area contributed by atoms with Crippen molar-refractivity contribution in [1.29, 1.82) is 0 Å². The highest BCUT2D eigenvalue weighted by Crippen LogP contribution is 2.40. The number of carbonyl (C=O) groups is 2. The standard InChI is InChI=1S/C20H35N3O4S/c1-5-7-16-19-17(23(20(16)25)28(4,26)27)10-12-22(19)18(24)11-13-21-14(2)8-6-9-15(21)3/h14-17,19H,5-13H2,1-4H3/t14?,15?,16-,17+,19-/m1/s1. The number of hydrogen-bond acceptors (Lipinski definition) is 5. The van der Waals surface area contributed by atoms with Gasteiger partial charge in [-0.25, -0.2) is 12.7 Å². The Labute approximate surface area is 169 Å². The number of sulfonamides is 1. The van der Waals surface area contributed by atoms with Gasteiger partial charge in [-0.1, -0.05) is 19.8 Å². The van der Waals surface area contributed by atoms with Crippen LogP contribution in [0.5, 0.6) is 0 Å². The summed E-state index contributed by atoms with van der Waals surface area (Å²) in [7, 11) is -3.61. The van der Waals surface area contributed by atoms with E-state index in [9.17, 15) is 18.0 Å². The van der Waals surface area contributed by atoms with Crippen LogP contribution in [-0.4, -0.2) is 77.8 Å². The van der Waals surface area contributed by atoms with Gasteiger partial charge in [-0.05, 0) is 39.5 Å². The van der Waals surface area contributed by atoms with Crippen molar-refractivity contribution in [3.63, 3.8) is 0 Å². The summed E-state index contributed by atoms with van der Waals surface area (Å²) in [4.78, 5) is 30.1. The van der Waals surface area contributed by atoms with Gasteiger partial charge in [-0.2, -0.15) is 0 Å². The molecule has 0 aliphatic carbocycles. The van der Waals surface area contributed by atoms with Gasteiger partial charge in [0.2, 0.25) is 21.8 Å². The van der Waals surface area contributed by atoms with E-state index < -0.39 is 22.0 Å². The highest BCUT2D eigenvalue weighted by molar-refractivity contribution is 7.88. The van der Waals surface area contributed by atoms with Crippen molar-refractivity contribution in [1.82, 2.24) is 14.1 Å². The van der Waals surface area contributed by atoms with Crippen LogP contribution in [-0.2, 0) is 19.6 Å². The van der Waals surface area contributed by atoms with E-state index in [0.29, 0.717) is 37.9 Å². The zero-order valence-corrected chi connectivity index (χ0v) is 18.5. The lowest BCUT2D eigenvalue weighted by Gasteiger charge is -2.39. The zero-order valence-electron chi connectivity index (χ0n) is 17.6. The van der Waals surface area contributed by atoms with Crippen molar-refractivity contribution in [2.75, 3.05) is 19.3 Å². The molecule has 0 N–H and O–H groups in total. The Bertz CT molecular complexity index is 700. The second-order valence-corrected chi connectivity index (χ2v) is 10.7. The van der Waals surface area contributed by atoms with Crippen LogP contribution in [0, 0.1) is 5.92 Å². The number of rotatable bonds is 6. The third-order valence-corrected chi connectivity index (χ3v) is 8.07. The summed E-state index contributed by atoms with van der Waals surface area (Å²) in [5.74, 6) is -0.666. The van der Waals surface area contributed by atoms with E-state index in [-0.39, 0.29) is 17.9 Å². The second-order valence-electron chi connectivity index (χ2n) is 8.84. The van der Waals surface area contributed by atoms with Crippen LogP contribution in [0.4, 0.5) is 0 Å². The summed E-state index contributed by atoms with van der Waals surface area (Å²) in [5, 5.41) is 0. The van der Waals surface area contributed by atoms with E-state index in [1.807, 2.05) is 11.8 Å². The van der Waals surface area contributed by atoms with Crippen LogP contribution in [0.2, 0.25) is 0 Å². The summed E-state index contributed by atoms with van der Waals surface area (Å²) in [6.45, 7) is 7.72. The van der Waals surface area contributed by atoms with Crippen molar-refractivity contribution < 1.29 is 18.0 Å². The van der Waals surface area contributed by atoms with Gasteiger partial charge >= 0.3 is 0 Å². The number of amides is 2. The van der Waals surface area contributed by atoms with Gasteiger partial charge < -0.3 is 4.90 Å². The lowest BCUT2D eigenvalue weighted by Crippen LogP contribution is -2.47. The molecule has 3 aliphatic heterocycles. The normalized spacial score (nSPS) is 34.1. The molecule has 0 radical (unpaired) electrons. The molecule has 3 heterocycles. The smallest absolute Gasteiger partial charge is 0.241 e. The van der Waals surface area contributed by atoms with Crippen molar-refractivity contribution >= 4 is 21.8 Å². The van der Waals surface area contributed by atoms with Crippen molar-refractivity contribution in [3.8, 4) is 0 Å². The second kappa shape index (κ2) is 8.30. The number of nitrogens with zero attached hydrogens (tertiary/aromatic N) is 3. The van der Waals surface area contributed by atoms with Crippen LogP contribution in [0.1, 0.15) is 65.7 Å². The molecule has 3 saturated heterocycles. The first kappa shape index (κ1) is 21.6. The molecule has 2 amide bonds.